The van der Waals surface area contributed by atoms with E-state index in [2.05, 4.69) is 11.8 Å². The first-order chi connectivity index (χ1) is 8.35. The number of aliphatic hydroxyl groups is 1. The maximum Gasteiger partial charge on any atom is 0.0431 e. The molecular weight excluding hydrogens is 210 g/mol. The van der Waals surface area contributed by atoms with Crippen LogP contribution in [0.4, 0.5) is 0 Å². The normalized spacial score (nSPS) is 35.3. The fraction of sp³-hybridized carbons (Fsp3) is 1.00. The second-order valence-corrected chi connectivity index (χ2v) is 5.98. The lowest BCUT2D eigenvalue weighted by Crippen LogP contribution is -2.41. The summed E-state index contributed by atoms with van der Waals surface area (Å²) < 4.78 is 0. The van der Waals surface area contributed by atoms with Gasteiger partial charge in [-0.25, -0.2) is 0 Å². The molecule has 1 heterocycles. The largest absolute Gasteiger partial charge is 0.396 e. The van der Waals surface area contributed by atoms with Gasteiger partial charge < -0.3 is 5.11 Å². The molecule has 1 aliphatic carbocycles. The maximum atomic E-state index is 8.97. The van der Waals surface area contributed by atoms with Gasteiger partial charge in [0.15, 0.2) is 0 Å². The van der Waals surface area contributed by atoms with Crippen molar-refractivity contribution in [1.82, 2.24) is 4.90 Å². The highest BCUT2D eigenvalue weighted by atomic mass is 16.2. The van der Waals surface area contributed by atoms with Crippen molar-refractivity contribution in [3.8, 4) is 0 Å². The monoisotopic (exact) mass is 239 g/mol. The average molecular weight is 239 g/mol. The van der Waals surface area contributed by atoms with E-state index in [0.717, 1.165) is 24.4 Å². The molecule has 1 aliphatic heterocycles. The molecular formula is C15H29NO. The van der Waals surface area contributed by atoms with Crippen LogP contribution in [-0.2, 0) is 0 Å². The van der Waals surface area contributed by atoms with Crippen LogP contribution in [0.3, 0.4) is 0 Å². The number of rotatable bonds is 5. The van der Waals surface area contributed by atoms with Crippen molar-refractivity contribution in [3.05, 3.63) is 0 Å². The van der Waals surface area contributed by atoms with Crippen LogP contribution in [0.25, 0.3) is 0 Å². The van der Waals surface area contributed by atoms with Crippen molar-refractivity contribution in [2.45, 2.75) is 76.8 Å². The molecule has 100 valence electrons. The SMILES string of the molecule is CCC1CCC(N2CCCC2CCCO)CC1. The lowest BCUT2D eigenvalue weighted by molar-refractivity contribution is 0.114. The third-order valence-electron chi connectivity index (χ3n) is 4.98. The van der Waals surface area contributed by atoms with Crippen molar-refractivity contribution >= 4 is 0 Å². The standard InChI is InChI=1S/C15H29NO/c1-2-13-7-9-15(10-8-13)16-11-3-5-14(16)6-4-12-17/h13-15,17H,2-12H2,1H3. The van der Waals surface area contributed by atoms with Crippen LogP contribution in [-0.4, -0.2) is 35.2 Å². The Morgan fingerprint density at radius 3 is 2.53 bits per heavy atom. The molecule has 0 radical (unpaired) electrons. The van der Waals surface area contributed by atoms with Crippen molar-refractivity contribution in [2.24, 2.45) is 5.92 Å². The van der Waals surface area contributed by atoms with E-state index in [-0.39, 0.29) is 0 Å². The minimum absolute atomic E-state index is 0.368. The van der Waals surface area contributed by atoms with Crippen molar-refractivity contribution in [2.75, 3.05) is 13.2 Å². The van der Waals surface area contributed by atoms with Crippen LogP contribution in [0.2, 0.25) is 0 Å². The van der Waals surface area contributed by atoms with E-state index in [4.69, 9.17) is 5.11 Å². The Hall–Kier alpha value is -0.0800. The van der Waals surface area contributed by atoms with Gasteiger partial charge in [0.1, 0.15) is 0 Å². The summed E-state index contributed by atoms with van der Waals surface area (Å²) in [5.41, 5.74) is 0. The highest BCUT2D eigenvalue weighted by Gasteiger charge is 2.32. The van der Waals surface area contributed by atoms with Gasteiger partial charge >= 0.3 is 0 Å². The molecule has 0 aromatic heterocycles. The van der Waals surface area contributed by atoms with Gasteiger partial charge in [-0.1, -0.05) is 13.3 Å². The van der Waals surface area contributed by atoms with Crippen LogP contribution in [0.1, 0.15) is 64.7 Å². The number of aliphatic hydroxyl groups excluding tert-OH is 1. The summed E-state index contributed by atoms with van der Waals surface area (Å²) in [6, 6.07) is 1.65. The van der Waals surface area contributed by atoms with Crippen molar-refractivity contribution in [3.63, 3.8) is 0 Å². The fourth-order valence-corrected chi connectivity index (χ4v) is 3.86. The zero-order valence-electron chi connectivity index (χ0n) is 11.4. The summed E-state index contributed by atoms with van der Waals surface area (Å²) in [6.45, 7) is 4.02. The average Bonchev–Trinajstić information content (AvgIpc) is 2.84. The van der Waals surface area contributed by atoms with Gasteiger partial charge in [-0.2, -0.15) is 0 Å². The smallest absolute Gasteiger partial charge is 0.0431 e. The lowest BCUT2D eigenvalue weighted by Gasteiger charge is -2.38. The number of nitrogens with zero attached hydrogens (tertiary/aromatic N) is 1. The molecule has 17 heavy (non-hydrogen) atoms. The summed E-state index contributed by atoms with van der Waals surface area (Å²) in [5.74, 6) is 1.00. The quantitative estimate of drug-likeness (QED) is 0.796. The first-order valence-electron chi connectivity index (χ1n) is 7.71. The Morgan fingerprint density at radius 1 is 1.12 bits per heavy atom. The molecule has 0 spiro atoms. The van der Waals surface area contributed by atoms with Gasteiger partial charge in [0, 0.05) is 18.7 Å². The Labute approximate surface area is 106 Å². The van der Waals surface area contributed by atoms with Crippen molar-refractivity contribution in [1.29, 1.82) is 0 Å². The van der Waals surface area contributed by atoms with Gasteiger partial charge in [-0.05, 0) is 63.8 Å². The highest BCUT2D eigenvalue weighted by molar-refractivity contribution is 4.87. The molecule has 0 amide bonds. The first-order valence-corrected chi connectivity index (χ1v) is 7.71. The van der Waals surface area contributed by atoms with Crippen LogP contribution in [0, 0.1) is 5.92 Å². The minimum atomic E-state index is 0.368. The van der Waals surface area contributed by atoms with Crippen LogP contribution < -0.4 is 0 Å². The van der Waals surface area contributed by atoms with Gasteiger partial charge in [-0.3, -0.25) is 4.90 Å². The molecule has 1 unspecified atom stereocenters. The predicted octanol–water partition coefficient (Wildman–Crippen LogP) is 3.19. The Bertz CT molecular complexity index is 211. The van der Waals surface area contributed by atoms with E-state index in [9.17, 15) is 0 Å². The summed E-state index contributed by atoms with van der Waals surface area (Å²) in [7, 11) is 0. The third kappa shape index (κ3) is 3.45. The van der Waals surface area contributed by atoms with Gasteiger partial charge in [0.25, 0.3) is 0 Å². The molecule has 1 saturated carbocycles. The molecule has 2 nitrogen and oxygen atoms in total. The summed E-state index contributed by atoms with van der Waals surface area (Å²) in [4.78, 5) is 2.78. The fourth-order valence-electron chi connectivity index (χ4n) is 3.86. The molecule has 2 aliphatic rings. The number of hydrogen-bond donors (Lipinski definition) is 1. The summed E-state index contributed by atoms with van der Waals surface area (Å²) >= 11 is 0. The topological polar surface area (TPSA) is 23.5 Å². The van der Waals surface area contributed by atoms with Crippen LogP contribution in [0.15, 0.2) is 0 Å². The molecule has 2 rings (SSSR count). The Morgan fingerprint density at radius 2 is 1.88 bits per heavy atom. The van der Waals surface area contributed by atoms with E-state index < -0.39 is 0 Å². The van der Waals surface area contributed by atoms with Crippen molar-refractivity contribution < 1.29 is 5.11 Å². The number of hydrogen-bond acceptors (Lipinski definition) is 2. The molecule has 0 aromatic carbocycles. The van der Waals surface area contributed by atoms with Crippen LogP contribution in [0.5, 0.6) is 0 Å². The maximum absolute atomic E-state index is 8.97. The first kappa shape index (κ1) is 13.4. The van der Waals surface area contributed by atoms with E-state index in [1.165, 1.54) is 57.9 Å². The Kier molecular flexibility index (Phi) is 5.30. The number of likely N-dealkylation sites (tertiary alicyclic amines) is 1. The summed E-state index contributed by atoms with van der Waals surface area (Å²) in [5, 5.41) is 8.97. The predicted molar refractivity (Wildman–Crippen MR) is 72.1 cm³/mol. The second kappa shape index (κ2) is 6.75. The van der Waals surface area contributed by atoms with E-state index in [0.29, 0.717) is 6.61 Å². The molecule has 1 atom stereocenters. The highest BCUT2D eigenvalue weighted by Crippen LogP contribution is 2.34. The molecule has 1 N–H and O–H groups in total. The van der Waals surface area contributed by atoms with Crippen LogP contribution >= 0.6 is 0 Å². The van der Waals surface area contributed by atoms with Gasteiger partial charge in [0.05, 0.1) is 0 Å². The second-order valence-electron chi connectivity index (χ2n) is 5.98. The third-order valence-corrected chi connectivity index (χ3v) is 4.98. The minimum Gasteiger partial charge on any atom is -0.396 e. The van der Waals surface area contributed by atoms with Gasteiger partial charge in [0.2, 0.25) is 0 Å². The zero-order valence-corrected chi connectivity index (χ0v) is 11.4. The molecule has 2 fully saturated rings. The lowest BCUT2D eigenvalue weighted by atomic mass is 9.83. The molecule has 2 heteroatoms. The van der Waals surface area contributed by atoms with E-state index >= 15 is 0 Å². The van der Waals surface area contributed by atoms with Gasteiger partial charge in [-0.15, -0.1) is 0 Å². The van der Waals surface area contributed by atoms with E-state index in [1.54, 1.807) is 0 Å². The molecule has 0 bridgehead atoms. The Balaban J connectivity index is 1.80. The molecule has 0 aromatic rings. The molecule has 1 saturated heterocycles. The zero-order chi connectivity index (χ0) is 12.1. The summed E-state index contributed by atoms with van der Waals surface area (Å²) in [6.07, 6.45) is 12.1. The van der Waals surface area contributed by atoms with E-state index in [1.807, 2.05) is 0 Å².